The number of hydrogen-bond acceptors (Lipinski definition) is 4. The number of nitrogens with zero attached hydrogens (tertiary/aromatic N) is 1. The molecule has 1 aromatic heterocycles. The second-order valence-electron chi connectivity index (χ2n) is 4.27. The third-order valence-corrected chi connectivity index (χ3v) is 3.95. The number of rotatable bonds is 2. The number of nitrogen functional groups attached to an aromatic ring is 1. The Bertz CT molecular complexity index is 759. The Morgan fingerprint density at radius 1 is 1.16 bits per heavy atom. The quantitative estimate of drug-likeness (QED) is 0.544. The smallest absolute Gasteiger partial charge is 0.124 e. The van der Waals surface area contributed by atoms with Crippen LogP contribution in [-0.4, -0.2) is 10.1 Å². The molecule has 0 spiro atoms. The van der Waals surface area contributed by atoms with E-state index in [1.807, 2.05) is 42.5 Å². The molecule has 3 rings (SSSR count). The summed E-state index contributed by atoms with van der Waals surface area (Å²) in [6.45, 7) is 3.53. The fourth-order valence-electron chi connectivity index (χ4n) is 1.85. The number of aliphatic hydroxyl groups excluding tert-OH is 1. The molecule has 0 aliphatic heterocycles. The molecule has 94 valence electrons. The molecule has 3 N–H and O–H groups in total. The second-order valence-corrected chi connectivity index (χ2v) is 5.30. The van der Waals surface area contributed by atoms with Gasteiger partial charge >= 0.3 is 0 Å². The molecule has 0 unspecified atom stereocenters. The minimum atomic E-state index is 0.0735. The van der Waals surface area contributed by atoms with Crippen LogP contribution in [0.1, 0.15) is 5.56 Å². The predicted octanol–water partition coefficient (Wildman–Crippen LogP) is 4.07. The van der Waals surface area contributed by atoms with Crippen molar-refractivity contribution in [2.24, 2.45) is 0 Å². The van der Waals surface area contributed by atoms with Gasteiger partial charge < -0.3 is 10.8 Å². The number of hydrogen-bond donors (Lipinski definition) is 2. The first-order chi connectivity index (χ1) is 9.13. The maximum Gasteiger partial charge on any atom is 0.124 e. The Morgan fingerprint density at radius 2 is 1.89 bits per heavy atom. The zero-order chi connectivity index (χ0) is 13.4. The fourth-order valence-corrected chi connectivity index (χ4v) is 2.86. The third-order valence-electron chi connectivity index (χ3n) is 2.88. The Balaban J connectivity index is 2.11. The molecule has 3 aromatic rings. The minimum absolute atomic E-state index is 0.0735. The van der Waals surface area contributed by atoms with Crippen molar-refractivity contribution >= 4 is 33.0 Å². The van der Waals surface area contributed by atoms with Gasteiger partial charge in [0.25, 0.3) is 0 Å². The van der Waals surface area contributed by atoms with Gasteiger partial charge in [-0.1, -0.05) is 6.58 Å². The van der Waals surface area contributed by atoms with Crippen molar-refractivity contribution in [2.75, 3.05) is 5.73 Å². The summed E-state index contributed by atoms with van der Waals surface area (Å²) >= 11 is 1.58. The van der Waals surface area contributed by atoms with Crippen LogP contribution in [0.15, 0.2) is 49.0 Å². The lowest BCUT2D eigenvalue weighted by molar-refractivity contribution is 0.514. The number of aromatic nitrogens is 1. The zero-order valence-corrected chi connectivity index (χ0v) is 10.9. The molecule has 0 saturated heterocycles. The van der Waals surface area contributed by atoms with E-state index in [1.54, 1.807) is 11.3 Å². The van der Waals surface area contributed by atoms with E-state index in [-0.39, 0.29) is 5.76 Å². The maximum absolute atomic E-state index is 9.41. The Hall–Kier alpha value is -2.33. The number of aliphatic hydroxyl groups is 1. The molecule has 0 atom stereocenters. The van der Waals surface area contributed by atoms with Crippen molar-refractivity contribution in [1.82, 2.24) is 4.98 Å². The summed E-state index contributed by atoms with van der Waals surface area (Å²) in [5.74, 6) is 0.0735. The maximum atomic E-state index is 9.41. The first kappa shape index (κ1) is 11.7. The van der Waals surface area contributed by atoms with Crippen molar-refractivity contribution < 1.29 is 5.11 Å². The summed E-state index contributed by atoms with van der Waals surface area (Å²) in [5, 5.41) is 10.4. The van der Waals surface area contributed by atoms with Crippen LogP contribution < -0.4 is 5.73 Å². The Labute approximate surface area is 114 Å². The molecular formula is C15H12N2OS. The standard InChI is InChI=1S/C15H12N2OS/c1-9(18)11-4-7-13-14(8-11)19-15(17-13)10-2-5-12(16)6-3-10/h2-8,18H,1,16H2. The lowest BCUT2D eigenvalue weighted by Crippen LogP contribution is -1.83. The van der Waals surface area contributed by atoms with Gasteiger partial charge in [-0.25, -0.2) is 4.98 Å². The lowest BCUT2D eigenvalue weighted by atomic mass is 10.2. The molecule has 19 heavy (non-hydrogen) atoms. The molecule has 0 aliphatic rings. The molecule has 0 saturated carbocycles. The average Bonchev–Trinajstić information content (AvgIpc) is 2.82. The van der Waals surface area contributed by atoms with Crippen LogP contribution in [-0.2, 0) is 0 Å². The number of benzene rings is 2. The monoisotopic (exact) mass is 268 g/mol. The number of anilines is 1. The molecule has 4 heteroatoms. The Morgan fingerprint density at radius 3 is 2.58 bits per heavy atom. The van der Waals surface area contributed by atoms with Crippen LogP contribution in [0.5, 0.6) is 0 Å². The van der Waals surface area contributed by atoms with Crippen molar-refractivity contribution in [3.8, 4) is 10.6 Å². The van der Waals surface area contributed by atoms with Crippen LogP contribution in [0.2, 0.25) is 0 Å². The number of thiazole rings is 1. The van der Waals surface area contributed by atoms with Gasteiger partial charge in [-0.05, 0) is 42.5 Å². The summed E-state index contributed by atoms with van der Waals surface area (Å²) in [7, 11) is 0. The summed E-state index contributed by atoms with van der Waals surface area (Å²) in [6.07, 6.45) is 0. The topological polar surface area (TPSA) is 59.1 Å². The van der Waals surface area contributed by atoms with Crippen LogP contribution in [0, 0.1) is 0 Å². The normalized spacial score (nSPS) is 10.7. The van der Waals surface area contributed by atoms with Crippen LogP contribution >= 0.6 is 11.3 Å². The van der Waals surface area contributed by atoms with Gasteiger partial charge in [0, 0.05) is 16.8 Å². The highest BCUT2D eigenvalue weighted by Gasteiger charge is 2.07. The minimum Gasteiger partial charge on any atom is -0.508 e. The fraction of sp³-hybridized carbons (Fsp3) is 0. The van der Waals surface area contributed by atoms with E-state index in [0.717, 1.165) is 32.0 Å². The molecule has 2 aromatic carbocycles. The molecule has 0 amide bonds. The van der Waals surface area contributed by atoms with Gasteiger partial charge in [0.1, 0.15) is 10.8 Å². The summed E-state index contributed by atoms with van der Waals surface area (Å²) in [6, 6.07) is 13.2. The van der Waals surface area contributed by atoms with E-state index < -0.39 is 0 Å². The van der Waals surface area contributed by atoms with E-state index in [1.165, 1.54) is 0 Å². The van der Waals surface area contributed by atoms with Crippen molar-refractivity contribution in [2.45, 2.75) is 0 Å². The molecule has 0 aliphatic carbocycles. The first-order valence-corrected chi connectivity index (χ1v) is 6.60. The van der Waals surface area contributed by atoms with E-state index in [0.29, 0.717) is 0 Å². The van der Waals surface area contributed by atoms with Gasteiger partial charge in [-0.2, -0.15) is 0 Å². The van der Waals surface area contributed by atoms with E-state index in [4.69, 9.17) is 5.73 Å². The summed E-state index contributed by atoms with van der Waals surface area (Å²) in [4.78, 5) is 4.58. The van der Waals surface area contributed by atoms with E-state index in [9.17, 15) is 5.11 Å². The first-order valence-electron chi connectivity index (χ1n) is 5.78. The van der Waals surface area contributed by atoms with Gasteiger partial charge in [-0.15, -0.1) is 11.3 Å². The number of nitrogens with two attached hydrogens (primary N) is 1. The molecule has 0 radical (unpaired) electrons. The van der Waals surface area contributed by atoms with Gasteiger partial charge in [0.2, 0.25) is 0 Å². The van der Waals surface area contributed by atoms with Gasteiger partial charge in [-0.3, -0.25) is 0 Å². The zero-order valence-electron chi connectivity index (χ0n) is 10.1. The van der Waals surface area contributed by atoms with Crippen molar-refractivity contribution in [1.29, 1.82) is 0 Å². The van der Waals surface area contributed by atoms with Crippen LogP contribution in [0.25, 0.3) is 26.5 Å². The predicted molar refractivity (Wildman–Crippen MR) is 81.1 cm³/mol. The van der Waals surface area contributed by atoms with Crippen LogP contribution in [0.3, 0.4) is 0 Å². The largest absolute Gasteiger partial charge is 0.508 e. The van der Waals surface area contributed by atoms with Gasteiger partial charge in [0.15, 0.2) is 0 Å². The molecule has 3 nitrogen and oxygen atoms in total. The molecule has 0 fully saturated rings. The van der Waals surface area contributed by atoms with Crippen LogP contribution in [0.4, 0.5) is 5.69 Å². The second kappa shape index (κ2) is 4.40. The van der Waals surface area contributed by atoms with E-state index >= 15 is 0 Å². The molecule has 0 bridgehead atoms. The molecular weight excluding hydrogens is 256 g/mol. The number of fused-ring (bicyclic) bond motifs is 1. The van der Waals surface area contributed by atoms with Crippen molar-refractivity contribution in [3.05, 3.63) is 54.6 Å². The summed E-state index contributed by atoms with van der Waals surface area (Å²) < 4.78 is 1.03. The summed E-state index contributed by atoms with van der Waals surface area (Å²) in [5.41, 5.74) is 9.10. The Kier molecular flexibility index (Phi) is 2.72. The highest BCUT2D eigenvalue weighted by atomic mass is 32.1. The van der Waals surface area contributed by atoms with Gasteiger partial charge in [0.05, 0.1) is 10.2 Å². The molecule has 1 heterocycles. The highest BCUT2D eigenvalue weighted by molar-refractivity contribution is 7.21. The SMILES string of the molecule is C=C(O)c1ccc2nc(-c3ccc(N)cc3)sc2c1. The lowest BCUT2D eigenvalue weighted by Gasteiger charge is -1.96. The van der Waals surface area contributed by atoms with E-state index in [2.05, 4.69) is 11.6 Å². The third kappa shape index (κ3) is 2.18. The average molecular weight is 268 g/mol. The van der Waals surface area contributed by atoms with Crippen molar-refractivity contribution in [3.63, 3.8) is 0 Å². The highest BCUT2D eigenvalue weighted by Crippen LogP contribution is 2.31.